The summed E-state index contributed by atoms with van der Waals surface area (Å²) in [5.41, 5.74) is 0. The van der Waals surface area contributed by atoms with Crippen LogP contribution in [-0.2, 0) is 0 Å². The van der Waals surface area contributed by atoms with Crippen molar-refractivity contribution in [2.75, 3.05) is 0 Å². The fraction of sp³-hybridized carbons (Fsp3) is 0.900. The van der Waals surface area contributed by atoms with Crippen LogP contribution in [0.2, 0.25) is 0 Å². The van der Waals surface area contributed by atoms with Crippen LogP contribution in [0.4, 0.5) is 0 Å². The van der Waals surface area contributed by atoms with E-state index in [0.717, 1.165) is 0 Å². The van der Waals surface area contributed by atoms with Gasteiger partial charge < -0.3 is 5.32 Å². The van der Waals surface area contributed by atoms with Gasteiger partial charge in [-0.05, 0) is 19.8 Å². The third kappa shape index (κ3) is 3.23. The van der Waals surface area contributed by atoms with Gasteiger partial charge in [-0.1, -0.05) is 19.3 Å². The lowest BCUT2D eigenvalue weighted by molar-refractivity contribution is 0.345. The number of hydrogen-bond acceptors (Lipinski definition) is 2. The Morgan fingerprint density at radius 3 is 2.67 bits per heavy atom. The average molecular weight is 166 g/mol. The molecular weight excluding hydrogens is 148 g/mol. The topological polar surface area (TPSA) is 35.8 Å². The summed E-state index contributed by atoms with van der Waals surface area (Å²) in [6, 6.07) is 3.25. The highest BCUT2D eigenvalue weighted by Gasteiger charge is 2.14. The summed E-state index contributed by atoms with van der Waals surface area (Å²) in [5, 5.41) is 12.0. The maximum absolute atomic E-state index is 8.48. The molecule has 1 rings (SSSR count). The van der Waals surface area contributed by atoms with Crippen molar-refractivity contribution in [3.63, 3.8) is 0 Å². The Morgan fingerprint density at radius 1 is 1.42 bits per heavy atom. The first-order valence-electron chi connectivity index (χ1n) is 4.96. The van der Waals surface area contributed by atoms with Gasteiger partial charge in [0.15, 0.2) is 0 Å². The van der Waals surface area contributed by atoms with Gasteiger partial charge in [-0.15, -0.1) is 0 Å². The van der Waals surface area contributed by atoms with Crippen molar-refractivity contribution in [2.24, 2.45) is 0 Å². The highest BCUT2D eigenvalue weighted by molar-refractivity contribution is 4.81. The van der Waals surface area contributed by atoms with Crippen molar-refractivity contribution in [1.82, 2.24) is 5.32 Å². The zero-order valence-electron chi connectivity index (χ0n) is 7.84. The summed E-state index contributed by atoms with van der Waals surface area (Å²) in [4.78, 5) is 0. The minimum atomic E-state index is 0.373. The van der Waals surface area contributed by atoms with E-state index in [9.17, 15) is 0 Å². The maximum Gasteiger partial charge on any atom is 0.0638 e. The second kappa shape index (κ2) is 5.16. The van der Waals surface area contributed by atoms with Crippen LogP contribution in [0, 0.1) is 11.3 Å². The van der Waals surface area contributed by atoms with Crippen molar-refractivity contribution in [1.29, 1.82) is 5.26 Å². The van der Waals surface area contributed by atoms with Crippen LogP contribution < -0.4 is 5.32 Å². The second-order valence-corrected chi connectivity index (χ2v) is 3.76. The highest BCUT2D eigenvalue weighted by atomic mass is 14.9. The first-order chi connectivity index (χ1) is 5.83. The van der Waals surface area contributed by atoms with E-state index >= 15 is 0 Å². The molecule has 0 aliphatic heterocycles. The molecule has 1 fully saturated rings. The largest absolute Gasteiger partial charge is 0.310 e. The van der Waals surface area contributed by atoms with Crippen molar-refractivity contribution >= 4 is 0 Å². The van der Waals surface area contributed by atoms with Gasteiger partial charge in [-0.3, -0.25) is 0 Å². The van der Waals surface area contributed by atoms with Crippen LogP contribution in [-0.4, -0.2) is 12.1 Å². The van der Waals surface area contributed by atoms with Gasteiger partial charge >= 0.3 is 0 Å². The molecule has 0 saturated heterocycles. The number of nitrogens with one attached hydrogen (secondary N) is 1. The van der Waals surface area contributed by atoms with E-state index in [2.05, 4.69) is 18.3 Å². The molecule has 68 valence electrons. The molecule has 0 aromatic rings. The van der Waals surface area contributed by atoms with E-state index in [4.69, 9.17) is 5.26 Å². The Balaban J connectivity index is 2.16. The molecule has 2 nitrogen and oxygen atoms in total. The van der Waals surface area contributed by atoms with Crippen LogP contribution in [0.15, 0.2) is 0 Å². The Labute approximate surface area is 75.0 Å². The van der Waals surface area contributed by atoms with E-state index in [1.807, 2.05) is 0 Å². The molecule has 0 aromatic carbocycles. The summed E-state index contributed by atoms with van der Waals surface area (Å²) in [7, 11) is 0. The molecule has 0 aromatic heterocycles. The van der Waals surface area contributed by atoms with Crippen molar-refractivity contribution in [3.05, 3.63) is 0 Å². The fourth-order valence-electron chi connectivity index (χ4n) is 1.87. The van der Waals surface area contributed by atoms with Gasteiger partial charge in [0, 0.05) is 12.1 Å². The summed E-state index contributed by atoms with van der Waals surface area (Å²) in [5.74, 6) is 0. The Kier molecular flexibility index (Phi) is 4.10. The SMILES string of the molecule is CC(CC#N)NC1CCCCC1. The summed E-state index contributed by atoms with van der Waals surface area (Å²) in [6.07, 6.45) is 7.35. The zero-order valence-corrected chi connectivity index (χ0v) is 7.84. The standard InChI is InChI=1S/C10H18N2/c1-9(7-8-11)12-10-5-3-2-4-6-10/h9-10,12H,2-7H2,1H3. The lowest BCUT2D eigenvalue weighted by Crippen LogP contribution is -2.37. The number of nitrogens with zero attached hydrogens (tertiary/aromatic N) is 1. The second-order valence-electron chi connectivity index (χ2n) is 3.76. The Bertz CT molecular complexity index is 154. The molecule has 12 heavy (non-hydrogen) atoms. The Morgan fingerprint density at radius 2 is 2.08 bits per heavy atom. The summed E-state index contributed by atoms with van der Waals surface area (Å²) in [6.45, 7) is 2.10. The molecule has 2 heteroatoms. The van der Waals surface area contributed by atoms with Crippen molar-refractivity contribution < 1.29 is 0 Å². The van der Waals surface area contributed by atoms with E-state index in [1.54, 1.807) is 0 Å². The number of rotatable bonds is 3. The number of hydrogen-bond donors (Lipinski definition) is 1. The van der Waals surface area contributed by atoms with Gasteiger partial charge in [-0.2, -0.15) is 5.26 Å². The molecule has 0 amide bonds. The monoisotopic (exact) mass is 166 g/mol. The molecule has 1 N–H and O–H groups in total. The lowest BCUT2D eigenvalue weighted by Gasteiger charge is -2.25. The quantitative estimate of drug-likeness (QED) is 0.697. The predicted molar refractivity (Wildman–Crippen MR) is 49.7 cm³/mol. The van der Waals surface area contributed by atoms with Gasteiger partial charge in [0.1, 0.15) is 0 Å². The van der Waals surface area contributed by atoms with Gasteiger partial charge in [-0.25, -0.2) is 0 Å². The maximum atomic E-state index is 8.48. The molecule has 1 unspecified atom stereocenters. The van der Waals surface area contributed by atoms with Gasteiger partial charge in [0.05, 0.1) is 12.5 Å². The molecular formula is C10H18N2. The van der Waals surface area contributed by atoms with E-state index in [-0.39, 0.29) is 0 Å². The number of nitriles is 1. The van der Waals surface area contributed by atoms with Gasteiger partial charge in [0.2, 0.25) is 0 Å². The highest BCUT2D eigenvalue weighted by Crippen LogP contribution is 2.17. The molecule has 0 heterocycles. The minimum Gasteiger partial charge on any atom is -0.310 e. The molecule has 1 aliphatic rings. The first-order valence-corrected chi connectivity index (χ1v) is 4.96. The molecule has 1 atom stereocenters. The molecule has 1 aliphatic carbocycles. The van der Waals surface area contributed by atoms with Crippen molar-refractivity contribution in [3.8, 4) is 6.07 Å². The van der Waals surface area contributed by atoms with Crippen molar-refractivity contribution in [2.45, 2.75) is 57.5 Å². The molecule has 0 spiro atoms. The van der Waals surface area contributed by atoms with E-state index in [1.165, 1.54) is 32.1 Å². The zero-order chi connectivity index (χ0) is 8.81. The summed E-state index contributed by atoms with van der Waals surface area (Å²) < 4.78 is 0. The third-order valence-electron chi connectivity index (χ3n) is 2.52. The third-order valence-corrected chi connectivity index (χ3v) is 2.52. The van der Waals surface area contributed by atoms with E-state index < -0.39 is 0 Å². The van der Waals surface area contributed by atoms with Crippen LogP contribution in [0.5, 0.6) is 0 Å². The summed E-state index contributed by atoms with van der Waals surface area (Å²) >= 11 is 0. The van der Waals surface area contributed by atoms with Crippen LogP contribution in [0.1, 0.15) is 45.4 Å². The molecule has 1 saturated carbocycles. The first kappa shape index (κ1) is 9.54. The van der Waals surface area contributed by atoms with Gasteiger partial charge in [0.25, 0.3) is 0 Å². The predicted octanol–water partition coefficient (Wildman–Crippen LogP) is 2.21. The van der Waals surface area contributed by atoms with Crippen LogP contribution in [0.3, 0.4) is 0 Å². The van der Waals surface area contributed by atoms with Crippen LogP contribution >= 0.6 is 0 Å². The molecule has 0 radical (unpaired) electrons. The van der Waals surface area contributed by atoms with Crippen LogP contribution in [0.25, 0.3) is 0 Å². The lowest BCUT2D eigenvalue weighted by atomic mass is 9.95. The smallest absolute Gasteiger partial charge is 0.0638 e. The minimum absolute atomic E-state index is 0.373. The fourth-order valence-corrected chi connectivity index (χ4v) is 1.87. The van der Waals surface area contributed by atoms with E-state index in [0.29, 0.717) is 18.5 Å². The normalized spacial score (nSPS) is 21.7. The molecule has 0 bridgehead atoms. The average Bonchev–Trinajstić information content (AvgIpc) is 2.06. The Hall–Kier alpha value is -0.550.